The molecule has 0 saturated carbocycles. The lowest BCUT2D eigenvalue weighted by Crippen LogP contribution is -2.37. The van der Waals surface area contributed by atoms with Gasteiger partial charge in [0.15, 0.2) is 6.10 Å². The molecular weight excluding hydrogens is 533 g/mol. The Balaban J connectivity index is 1.41. The van der Waals surface area contributed by atoms with Gasteiger partial charge in [-0.2, -0.15) is 0 Å². The van der Waals surface area contributed by atoms with Crippen molar-refractivity contribution in [2.45, 2.75) is 12.1 Å². The number of non-ortho nitro benzene ring substituents is 1. The molecule has 3 heterocycles. The van der Waals surface area contributed by atoms with Crippen LogP contribution in [0.1, 0.15) is 11.8 Å². The number of halogens is 2. The minimum Gasteiger partial charge on any atom is -0.459 e. The third-order valence-electron chi connectivity index (χ3n) is 6.56. The van der Waals surface area contributed by atoms with Crippen molar-refractivity contribution in [1.29, 1.82) is 0 Å². The highest BCUT2D eigenvalue weighted by Gasteiger charge is 2.61. The lowest BCUT2D eigenvalue weighted by molar-refractivity contribution is -0.384. The average Bonchev–Trinajstić information content (AvgIpc) is 3.60. The van der Waals surface area contributed by atoms with Crippen LogP contribution in [0.5, 0.6) is 0 Å². The molecule has 4 aromatic rings. The zero-order chi connectivity index (χ0) is 26.6. The molecule has 0 unspecified atom stereocenters. The van der Waals surface area contributed by atoms with Gasteiger partial charge in [-0.1, -0.05) is 41.4 Å². The van der Waals surface area contributed by atoms with Gasteiger partial charge in [-0.3, -0.25) is 24.5 Å². The Labute approximate surface area is 225 Å². The van der Waals surface area contributed by atoms with Crippen LogP contribution >= 0.6 is 23.2 Å². The number of carbonyl (C=O) groups excluding carboxylic acids is 2. The molecule has 38 heavy (non-hydrogen) atoms. The molecule has 2 saturated heterocycles. The Morgan fingerprint density at radius 3 is 2.26 bits per heavy atom. The summed E-state index contributed by atoms with van der Waals surface area (Å²) < 4.78 is 6.16. The van der Waals surface area contributed by atoms with Crippen molar-refractivity contribution in [2.75, 3.05) is 9.96 Å². The Morgan fingerprint density at radius 2 is 1.58 bits per heavy atom. The number of rotatable bonds is 5. The second kappa shape index (κ2) is 9.29. The third-order valence-corrected chi connectivity index (χ3v) is 7.12. The van der Waals surface area contributed by atoms with E-state index in [0.29, 0.717) is 33.5 Å². The van der Waals surface area contributed by atoms with E-state index in [1.54, 1.807) is 48.5 Å². The second-order valence-electron chi connectivity index (χ2n) is 8.77. The number of hydrogen-bond acceptors (Lipinski definition) is 7. The van der Waals surface area contributed by atoms with Crippen LogP contribution in [0.2, 0.25) is 10.0 Å². The lowest BCUT2D eigenvalue weighted by Gasteiger charge is -2.27. The van der Waals surface area contributed by atoms with Crippen LogP contribution < -0.4 is 9.96 Å². The molecule has 6 rings (SSSR count). The molecular formula is C27H17Cl2N3O6. The molecule has 11 heteroatoms. The SMILES string of the molecule is O=C1[C@@H]2[C@@H](c3ccc(-c4ccc([N+](=O)[O-])cc4Cl)o3)N(c3ccccc3)O[C@H]2C(=O)N1c1ccc(Cl)cc1. The first-order valence-electron chi connectivity index (χ1n) is 11.5. The Morgan fingerprint density at radius 1 is 0.842 bits per heavy atom. The number of nitro groups is 1. The quantitative estimate of drug-likeness (QED) is 0.165. The van der Waals surface area contributed by atoms with Gasteiger partial charge in [0, 0.05) is 22.7 Å². The fourth-order valence-corrected chi connectivity index (χ4v) is 5.21. The predicted molar refractivity (Wildman–Crippen MR) is 140 cm³/mol. The number of hydroxylamine groups is 1. The van der Waals surface area contributed by atoms with E-state index in [1.165, 1.54) is 23.3 Å². The summed E-state index contributed by atoms with van der Waals surface area (Å²) in [7, 11) is 0. The van der Waals surface area contributed by atoms with E-state index in [1.807, 2.05) is 18.2 Å². The summed E-state index contributed by atoms with van der Waals surface area (Å²) in [5.74, 6) is -1.11. The number of carbonyl (C=O) groups is 2. The number of hydrogen-bond donors (Lipinski definition) is 0. The van der Waals surface area contributed by atoms with Gasteiger partial charge in [0.1, 0.15) is 23.5 Å². The van der Waals surface area contributed by atoms with Crippen molar-refractivity contribution in [3.05, 3.63) is 111 Å². The number of amides is 2. The topological polar surface area (TPSA) is 106 Å². The monoisotopic (exact) mass is 549 g/mol. The van der Waals surface area contributed by atoms with E-state index >= 15 is 0 Å². The molecule has 0 radical (unpaired) electrons. The summed E-state index contributed by atoms with van der Waals surface area (Å²) >= 11 is 12.3. The van der Waals surface area contributed by atoms with Gasteiger partial charge in [0.25, 0.3) is 11.6 Å². The van der Waals surface area contributed by atoms with E-state index in [4.69, 9.17) is 32.5 Å². The molecule has 0 bridgehead atoms. The van der Waals surface area contributed by atoms with Crippen molar-refractivity contribution in [1.82, 2.24) is 0 Å². The molecule has 190 valence electrons. The molecule has 9 nitrogen and oxygen atoms in total. The number of imide groups is 1. The maximum atomic E-state index is 13.7. The normalized spacial score (nSPS) is 20.7. The lowest BCUT2D eigenvalue weighted by atomic mass is 9.94. The summed E-state index contributed by atoms with van der Waals surface area (Å²) in [5, 5.41) is 13.2. The number of benzene rings is 3. The van der Waals surface area contributed by atoms with Gasteiger partial charge < -0.3 is 4.42 Å². The maximum absolute atomic E-state index is 13.7. The highest BCUT2D eigenvalue weighted by molar-refractivity contribution is 6.33. The third kappa shape index (κ3) is 3.92. The zero-order valence-corrected chi connectivity index (χ0v) is 20.9. The average molecular weight is 550 g/mol. The van der Waals surface area contributed by atoms with Crippen LogP contribution in [0.25, 0.3) is 11.3 Å². The molecule has 2 amide bonds. The van der Waals surface area contributed by atoms with Crippen LogP contribution in [-0.2, 0) is 14.4 Å². The Bertz CT molecular complexity index is 1570. The molecule has 2 fully saturated rings. The number of anilines is 2. The number of nitro benzene ring substituents is 1. The molecule has 0 spiro atoms. The summed E-state index contributed by atoms with van der Waals surface area (Å²) in [6, 6.07) is 22.1. The molecule has 3 atom stereocenters. The molecule has 3 aromatic carbocycles. The van der Waals surface area contributed by atoms with Crippen LogP contribution in [0.3, 0.4) is 0 Å². The highest BCUT2D eigenvalue weighted by Crippen LogP contribution is 2.48. The summed E-state index contributed by atoms with van der Waals surface area (Å²) in [4.78, 5) is 44.9. The number of furan rings is 1. The number of nitrogens with zero attached hydrogens (tertiary/aromatic N) is 3. The van der Waals surface area contributed by atoms with Crippen LogP contribution in [0.4, 0.5) is 17.1 Å². The number of para-hydroxylation sites is 1. The largest absolute Gasteiger partial charge is 0.459 e. The van der Waals surface area contributed by atoms with Gasteiger partial charge in [-0.15, -0.1) is 0 Å². The first kappa shape index (κ1) is 24.2. The minimum atomic E-state index is -1.07. The second-order valence-corrected chi connectivity index (χ2v) is 9.61. The van der Waals surface area contributed by atoms with E-state index in [-0.39, 0.29) is 10.7 Å². The van der Waals surface area contributed by atoms with Crippen LogP contribution in [-0.4, -0.2) is 22.8 Å². The first-order chi connectivity index (χ1) is 18.3. The molecule has 0 aliphatic carbocycles. The standard InChI is InChI=1S/C27H17Cl2N3O6/c28-15-6-8-16(9-7-15)30-26(33)23-24(31(38-25(23)27(30)34)17-4-2-1-3-5-17)22-13-12-21(37-22)19-11-10-18(32(35)36)14-20(19)29/h1-14,23-25H/t23-,24-,25-/m1/s1. The first-order valence-corrected chi connectivity index (χ1v) is 12.3. The molecule has 0 N–H and O–H groups in total. The summed E-state index contributed by atoms with van der Waals surface area (Å²) in [6.45, 7) is 0. The fourth-order valence-electron chi connectivity index (χ4n) is 4.82. The zero-order valence-electron chi connectivity index (χ0n) is 19.4. The van der Waals surface area contributed by atoms with Crippen molar-refractivity contribution in [3.8, 4) is 11.3 Å². The Kier molecular flexibility index (Phi) is 5.91. The molecule has 2 aliphatic heterocycles. The van der Waals surface area contributed by atoms with Gasteiger partial charge in [0.05, 0.1) is 21.3 Å². The smallest absolute Gasteiger partial charge is 0.270 e. The maximum Gasteiger partial charge on any atom is 0.270 e. The van der Waals surface area contributed by atoms with Crippen molar-refractivity contribution < 1.29 is 23.8 Å². The van der Waals surface area contributed by atoms with E-state index in [2.05, 4.69) is 0 Å². The number of fused-ring (bicyclic) bond motifs is 1. The van der Waals surface area contributed by atoms with Crippen LogP contribution in [0, 0.1) is 16.0 Å². The van der Waals surface area contributed by atoms with E-state index < -0.39 is 34.8 Å². The van der Waals surface area contributed by atoms with Gasteiger partial charge in [-0.25, -0.2) is 9.96 Å². The van der Waals surface area contributed by atoms with Crippen molar-refractivity contribution in [3.63, 3.8) is 0 Å². The van der Waals surface area contributed by atoms with Gasteiger partial charge in [0.2, 0.25) is 5.91 Å². The summed E-state index contributed by atoms with van der Waals surface area (Å²) in [6.07, 6.45) is -1.07. The van der Waals surface area contributed by atoms with E-state index in [0.717, 1.165) is 4.90 Å². The minimum absolute atomic E-state index is 0.140. The van der Waals surface area contributed by atoms with Gasteiger partial charge >= 0.3 is 0 Å². The van der Waals surface area contributed by atoms with Crippen LogP contribution in [0.15, 0.2) is 89.3 Å². The molecule has 2 aliphatic rings. The van der Waals surface area contributed by atoms with E-state index in [9.17, 15) is 19.7 Å². The van der Waals surface area contributed by atoms with Gasteiger partial charge in [-0.05, 0) is 54.6 Å². The van der Waals surface area contributed by atoms with Crippen molar-refractivity contribution >= 4 is 52.1 Å². The summed E-state index contributed by atoms with van der Waals surface area (Å²) in [5.41, 5.74) is 1.33. The fraction of sp³-hybridized carbons (Fsp3) is 0.111. The highest BCUT2D eigenvalue weighted by atomic mass is 35.5. The Hall–Kier alpha value is -4.18. The molecule has 1 aromatic heterocycles. The predicted octanol–water partition coefficient (Wildman–Crippen LogP) is 6.21. The van der Waals surface area contributed by atoms with Crippen molar-refractivity contribution in [2.24, 2.45) is 5.92 Å².